The van der Waals surface area contributed by atoms with Gasteiger partial charge < -0.3 is 5.32 Å². The lowest BCUT2D eigenvalue weighted by atomic mass is 10.1. The molecule has 2 rings (SSSR count). The first-order chi connectivity index (χ1) is 11.4. The highest BCUT2D eigenvalue weighted by molar-refractivity contribution is 7.92. The highest BCUT2D eigenvalue weighted by atomic mass is 32.2. The Labute approximate surface area is 142 Å². The summed E-state index contributed by atoms with van der Waals surface area (Å²) in [7, 11) is -3.45. The Bertz CT molecular complexity index is 819. The number of sulfonamides is 1. The lowest BCUT2D eigenvalue weighted by Gasteiger charge is -2.13. The third-order valence-corrected chi connectivity index (χ3v) is 4.96. The number of carbonyl (C=O) groups excluding carboxylic acids is 1. The molecule has 1 aromatic carbocycles. The number of nitrogens with zero attached hydrogens (tertiary/aromatic N) is 1. The fraction of sp³-hybridized carbons (Fsp3) is 0.294. The van der Waals surface area contributed by atoms with Crippen molar-refractivity contribution in [3.05, 3.63) is 59.4 Å². The molecule has 0 saturated carbocycles. The molecule has 0 bridgehead atoms. The van der Waals surface area contributed by atoms with E-state index < -0.39 is 10.0 Å². The molecular weight excluding hydrogens is 326 g/mol. The molecule has 0 aliphatic heterocycles. The number of rotatable bonds is 7. The van der Waals surface area contributed by atoms with E-state index in [1.165, 1.54) is 0 Å². The number of amides is 1. The van der Waals surface area contributed by atoms with Crippen LogP contribution < -0.4 is 10.0 Å². The maximum atomic E-state index is 12.4. The molecule has 7 heteroatoms. The Balaban J connectivity index is 2.14. The van der Waals surface area contributed by atoms with Gasteiger partial charge in [-0.25, -0.2) is 8.42 Å². The Morgan fingerprint density at radius 3 is 2.67 bits per heavy atom. The number of hydrogen-bond donors (Lipinski definition) is 2. The number of aryl methyl sites for hydroxylation is 1. The van der Waals surface area contributed by atoms with Crippen LogP contribution in [0.15, 0.2) is 42.7 Å². The second kappa shape index (κ2) is 7.92. The van der Waals surface area contributed by atoms with Gasteiger partial charge in [0.1, 0.15) is 0 Å². The van der Waals surface area contributed by atoms with Crippen LogP contribution in [0.25, 0.3) is 0 Å². The smallest absolute Gasteiger partial charge is 0.253 e. The van der Waals surface area contributed by atoms with Gasteiger partial charge in [-0.05, 0) is 42.7 Å². The molecule has 1 heterocycles. The van der Waals surface area contributed by atoms with Crippen LogP contribution in [0.2, 0.25) is 0 Å². The molecule has 24 heavy (non-hydrogen) atoms. The van der Waals surface area contributed by atoms with Gasteiger partial charge in [0.25, 0.3) is 5.91 Å². The number of carbonyl (C=O) groups is 1. The minimum atomic E-state index is -3.45. The van der Waals surface area contributed by atoms with Gasteiger partial charge in [-0.15, -0.1) is 0 Å². The second-order valence-corrected chi connectivity index (χ2v) is 7.29. The van der Waals surface area contributed by atoms with Crippen molar-refractivity contribution in [1.82, 2.24) is 10.3 Å². The molecule has 2 aromatic rings. The summed E-state index contributed by atoms with van der Waals surface area (Å²) in [4.78, 5) is 16.4. The van der Waals surface area contributed by atoms with Gasteiger partial charge in [-0.3, -0.25) is 14.5 Å². The summed E-state index contributed by atoms with van der Waals surface area (Å²) in [6, 6.07) is 8.40. The summed E-state index contributed by atoms with van der Waals surface area (Å²) in [6.45, 7) is 4.05. The van der Waals surface area contributed by atoms with Crippen LogP contribution >= 0.6 is 0 Å². The van der Waals surface area contributed by atoms with Crippen LogP contribution in [0.3, 0.4) is 0 Å². The molecular formula is C17H21N3O3S. The van der Waals surface area contributed by atoms with Crippen molar-refractivity contribution in [3.8, 4) is 0 Å². The molecule has 6 nitrogen and oxygen atoms in total. The Hall–Kier alpha value is -2.41. The van der Waals surface area contributed by atoms with Crippen molar-refractivity contribution in [2.75, 3.05) is 10.5 Å². The molecule has 0 aliphatic rings. The van der Waals surface area contributed by atoms with Crippen molar-refractivity contribution in [2.24, 2.45) is 0 Å². The fourth-order valence-corrected chi connectivity index (χ4v) is 3.38. The summed E-state index contributed by atoms with van der Waals surface area (Å²) < 4.78 is 26.4. The van der Waals surface area contributed by atoms with Crippen LogP contribution in [0.4, 0.5) is 5.69 Å². The number of para-hydroxylation sites is 1. The number of anilines is 1. The SMILES string of the molecule is CCCS(=O)(=O)Nc1ccccc1C(=O)NCc1ccncc1C. The lowest BCUT2D eigenvalue weighted by molar-refractivity contribution is 0.0951. The van der Waals surface area contributed by atoms with Crippen molar-refractivity contribution in [2.45, 2.75) is 26.8 Å². The van der Waals surface area contributed by atoms with E-state index in [0.29, 0.717) is 18.5 Å². The van der Waals surface area contributed by atoms with Crippen molar-refractivity contribution >= 4 is 21.6 Å². The van der Waals surface area contributed by atoms with E-state index >= 15 is 0 Å². The van der Waals surface area contributed by atoms with E-state index in [1.54, 1.807) is 43.6 Å². The zero-order chi connectivity index (χ0) is 17.6. The first-order valence-corrected chi connectivity index (χ1v) is 9.35. The molecule has 0 unspecified atom stereocenters. The van der Waals surface area contributed by atoms with E-state index in [1.807, 2.05) is 13.0 Å². The number of nitrogens with one attached hydrogen (secondary N) is 2. The van der Waals surface area contributed by atoms with Gasteiger partial charge in [-0.1, -0.05) is 19.1 Å². The summed E-state index contributed by atoms with van der Waals surface area (Å²) in [5.74, 6) is -0.319. The van der Waals surface area contributed by atoms with Gasteiger partial charge in [-0.2, -0.15) is 0 Å². The largest absolute Gasteiger partial charge is 0.348 e. The maximum Gasteiger partial charge on any atom is 0.253 e. The average Bonchev–Trinajstić information content (AvgIpc) is 2.54. The average molecular weight is 347 g/mol. The topological polar surface area (TPSA) is 88.2 Å². The van der Waals surface area contributed by atoms with Crippen LogP contribution in [0, 0.1) is 6.92 Å². The monoisotopic (exact) mass is 347 g/mol. The number of aromatic nitrogens is 1. The van der Waals surface area contributed by atoms with Crippen LogP contribution in [-0.4, -0.2) is 25.1 Å². The molecule has 2 N–H and O–H groups in total. The molecule has 0 radical (unpaired) electrons. The minimum absolute atomic E-state index is 0.0131. The van der Waals surface area contributed by atoms with Crippen LogP contribution in [0.1, 0.15) is 34.8 Å². The van der Waals surface area contributed by atoms with Crippen LogP contribution in [-0.2, 0) is 16.6 Å². The quantitative estimate of drug-likeness (QED) is 0.805. The van der Waals surface area contributed by atoms with Gasteiger partial charge in [0.05, 0.1) is 17.0 Å². The Morgan fingerprint density at radius 2 is 1.96 bits per heavy atom. The molecule has 0 spiro atoms. The number of pyridine rings is 1. The molecule has 128 valence electrons. The second-order valence-electron chi connectivity index (χ2n) is 5.45. The summed E-state index contributed by atoms with van der Waals surface area (Å²) in [5.41, 5.74) is 2.52. The molecule has 0 fully saturated rings. The highest BCUT2D eigenvalue weighted by Gasteiger charge is 2.16. The van der Waals surface area contributed by atoms with Crippen molar-refractivity contribution < 1.29 is 13.2 Å². The van der Waals surface area contributed by atoms with E-state index in [-0.39, 0.29) is 17.3 Å². The third kappa shape index (κ3) is 4.79. The predicted octanol–water partition coefficient (Wildman–Crippen LogP) is 2.47. The van der Waals surface area contributed by atoms with Crippen LogP contribution in [0.5, 0.6) is 0 Å². The molecule has 0 aliphatic carbocycles. The number of hydrogen-bond acceptors (Lipinski definition) is 4. The number of benzene rings is 1. The van der Waals surface area contributed by atoms with E-state index in [9.17, 15) is 13.2 Å². The normalized spacial score (nSPS) is 11.1. The molecule has 0 atom stereocenters. The molecule has 1 amide bonds. The van der Waals surface area contributed by atoms with E-state index in [2.05, 4.69) is 15.0 Å². The molecule has 0 saturated heterocycles. The van der Waals surface area contributed by atoms with Crippen molar-refractivity contribution in [3.63, 3.8) is 0 Å². The van der Waals surface area contributed by atoms with Gasteiger partial charge in [0.15, 0.2) is 0 Å². The van der Waals surface area contributed by atoms with Gasteiger partial charge >= 0.3 is 0 Å². The summed E-state index contributed by atoms with van der Waals surface area (Å²) in [6.07, 6.45) is 3.90. The Morgan fingerprint density at radius 1 is 1.21 bits per heavy atom. The van der Waals surface area contributed by atoms with Crippen molar-refractivity contribution in [1.29, 1.82) is 0 Å². The summed E-state index contributed by atoms with van der Waals surface area (Å²) >= 11 is 0. The third-order valence-electron chi connectivity index (χ3n) is 3.49. The Kier molecular flexibility index (Phi) is 5.92. The molecule has 1 aromatic heterocycles. The minimum Gasteiger partial charge on any atom is -0.348 e. The standard InChI is InChI=1S/C17H21N3O3S/c1-3-10-24(22,23)20-16-7-5-4-6-15(16)17(21)19-12-14-8-9-18-11-13(14)2/h4-9,11,20H,3,10,12H2,1-2H3,(H,19,21). The lowest BCUT2D eigenvalue weighted by Crippen LogP contribution is -2.25. The maximum absolute atomic E-state index is 12.4. The van der Waals surface area contributed by atoms with E-state index in [4.69, 9.17) is 0 Å². The fourth-order valence-electron chi connectivity index (χ4n) is 2.23. The zero-order valence-corrected chi connectivity index (χ0v) is 14.6. The van der Waals surface area contributed by atoms with Gasteiger partial charge in [0.2, 0.25) is 10.0 Å². The first kappa shape index (κ1) is 17.9. The van der Waals surface area contributed by atoms with E-state index in [0.717, 1.165) is 11.1 Å². The highest BCUT2D eigenvalue weighted by Crippen LogP contribution is 2.17. The first-order valence-electron chi connectivity index (χ1n) is 7.70. The summed E-state index contributed by atoms with van der Waals surface area (Å²) in [5, 5.41) is 2.81. The predicted molar refractivity (Wildman–Crippen MR) is 94.3 cm³/mol. The zero-order valence-electron chi connectivity index (χ0n) is 13.7. The van der Waals surface area contributed by atoms with Gasteiger partial charge in [0, 0.05) is 18.9 Å².